The summed E-state index contributed by atoms with van der Waals surface area (Å²) in [4.78, 5) is 38.2. The molecule has 1 unspecified atom stereocenters. The van der Waals surface area contributed by atoms with Gasteiger partial charge >= 0.3 is 0 Å². The summed E-state index contributed by atoms with van der Waals surface area (Å²) in [5, 5.41) is 6.01. The van der Waals surface area contributed by atoms with Crippen LogP contribution in [0.1, 0.15) is 99.9 Å². The first-order valence-electron chi connectivity index (χ1n) is 14.0. The fourth-order valence-corrected chi connectivity index (χ4v) is 6.90. The number of nitrogens with zero attached hydrogens (tertiary/aromatic N) is 1. The molecule has 3 amide bonds. The maximum atomic E-state index is 15.8. The van der Waals surface area contributed by atoms with Gasteiger partial charge in [-0.25, -0.2) is 4.39 Å². The minimum atomic E-state index is -0.740. The van der Waals surface area contributed by atoms with E-state index in [-0.39, 0.29) is 49.0 Å². The number of fused-ring (bicyclic) bond motifs is 1. The molecule has 3 aliphatic carbocycles. The Hall–Kier alpha value is -2.28. The number of hydrogen-bond acceptors (Lipinski definition) is 4. The first kappa shape index (κ1) is 22.0. The summed E-state index contributed by atoms with van der Waals surface area (Å²) in [5.74, 6) is -1.24. The number of amides is 3. The van der Waals surface area contributed by atoms with Crippen molar-refractivity contribution in [2.45, 2.75) is 108 Å². The number of benzene rings is 1. The summed E-state index contributed by atoms with van der Waals surface area (Å²) in [6, 6.07) is 2.34. The SMILES string of the molecule is [2H]C1(N[C@H]2CCCC[C@@H]2Cc2ccc3c(c2F)CN(C2CCC(=O)NC2=O)C3=O)CCC2(CC2)CC1. The number of piperidine rings is 1. The van der Waals surface area contributed by atoms with Gasteiger partial charge < -0.3 is 10.2 Å². The van der Waals surface area contributed by atoms with Crippen molar-refractivity contribution in [3.63, 3.8) is 0 Å². The minimum absolute atomic E-state index is 0.0596. The van der Waals surface area contributed by atoms with Crippen LogP contribution in [0.4, 0.5) is 4.39 Å². The van der Waals surface area contributed by atoms with Gasteiger partial charge in [-0.2, -0.15) is 0 Å². The van der Waals surface area contributed by atoms with E-state index in [4.69, 9.17) is 1.37 Å². The largest absolute Gasteiger partial charge is 0.322 e. The Kier molecular flexibility index (Phi) is 5.64. The highest BCUT2D eigenvalue weighted by atomic mass is 19.1. The maximum Gasteiger partial charge on any atom is 0.255 e. The number of carbonyl (C=O) groups is 3. The summed E-state index contributed by atoms with van der Waals surface area (Å²) in [7, 11) is 0. The van der Waals surface area contributed by atoms with E-state index >= 15 is 4.39 Å². The topological polar surface area (TPSA) is 78.5 Å². The fourth-order valence-electron chi connectivity index (χ4n) is 6.90. The van der Waals surface area contributed by atoms with Gasteiger partial charge in [0.25, 0.3) is 5.91 Å². The van der Waals surface area contributed by atoms with E-state index in [1.54, 1.807) is 12.1 Å². The van der Waals surface area contributed by atoms with Crippen LogP contribution in [0, 0.1) is 17.2 Å². The quantitative estimate of drug-likeness (QED) is 0.622. The summed E-state index contributed by atoms with van der Waals surface area (Å²) >= 11 is 0. The highest BCUT2D eigenvalue weighted by Crippen LogP contribution is 2.56. The molecule has 188 valence electrons. The number of imide groups is 1. The summed E-state index contributed by atoms with van der Waals surface area (Å²) in [5.41, 5.74) is 1.84. The number of hydrogen-bond donors (Lipinski definition) is 2. The van der Waals surface area contributed by atoms with Gasteiger partial charge in [0.1, 0.15) is 11.9 Å². The van der Waals surface area contributed by atoms with Gasteiger partial charge in [-0.1, -0.05) is 18.9 Å². The van der Waals surface area contributed by atoms with Crippen molar-refractivity contribution < 1.29 is 20.1 Å². The molecule has 5 aliphatic rings. The van der Waals surface area contributed by atoms with Gasteiger partial charge in [0.05, 0.1) is 6.54 Å². The van der Waals surface area contributed by atoms with E-state index in [0.717, 1.165) is 51.4 Å². The zero-order valence-corrected chi connectivity index (χ0v) is 20.3. The van der Waals surface area contributed by atoms with E-state index in [1.807, 2.05) is 0 Å². The molecule has 35 heavy (non-hydrogen) atoms. The van der Waals surface area contributed by atoms with Crippen molar-refractivity contribution >= 4 is 17.7 Å². The molecular formula is C28H36FN3O3. The van der Waals surface area contributed by atoms with E-state index < -0.39 is 18.0 Å². The third kappa shape index (κ3) is 4.41. The Labute approximate surface area is 207 Å². The van der Waals surface area contributed by atoms with Crippen molar-refractivity contribution in [1.82, 2.24) is 15.5 Å². The molecule has 1 spiro atoms. The highest BCUT2D eigenvalue weighted by Gasteiger charge is 2.45. The van der Waals surface area contributed by atoms with Crippen LogP contribution in [0.2, 0.25) is 0 Å². The predicted molar refractivity (Wildman–Crippen MR) is 129 cm³/mol. The second kappa shape index (κ2) is 8.99. The van der Waals surface area contributed by atoms with Crippen LogP contribution >= 0.6 is 0 Å². The van der Waals surface area contributed by atoms with Crippen molar-refractivity contribution in [3.05, 3.63) is 34.6 Å². The molecule has 2 heterocycles. The zero-order valence-electron chi connectivity index (χ0n) is 21.3. The molecule has 0 radical (unpaired) electrons. The molecule has 3 atom stereocenters. The summed E-state index contributed by atoms with van der Waals surface area (Å²) in [6.07, 6.45) is 12.1. The smallest absolute Gasteiger partial charge is 0.255 e. The molecule has 6 nitrogen and oxygen atoms in total. The Bertz CT molecular complexity index is 1090. The fraction of sp³-hybridized carbons (Fsp3) is 0.679. The van der Waals surface area contributed by atoms with Crippen LogP contribution < -0.4 is 10.6 Å². The molecule has 2 N–H and O–H groups in total. The minimum Gasteiger partial charge on any atom is -0.322 e. The van der Waals surface area contributed by atoms with Gasteiger partial charge in [0.15, 0.2) is 0 Å². The average molecular weight is 483 g/mol. The molecule has 1 aromatic carbocycles. The maximum absolute atomic E-state index is 15.8. The van der Waals surface area contributed by atoms with Gasteiger partial charge in [-0.3, -0.25) is 19.7 Å². The van der Waals surface area contributed by atoms with Gasteiger partial charge in [0, 0.05) is 31.0 Å². The van der Waals surface area contributed by atoms with E-state index in [0.29, 0.717) is 28.5 Å². The lowest BCUT2D eigenvalue weighted by atomic mass is 9.78. The first-order valence-corrected chi connectivity index (χ1v) is 13.5. The third-order valence-electron chi connectivity index (χ3n) is 9.38. The Balaban J connectivity index is 1.16. The molecule has 1 saturated heterocycles. The Morgan fingerprint density at radius 3 is 2.57 bits per heavy atom. The molecule has 3 saturated carbocycles. The first-order chi connectivity index (χ1) is 17.3. The van der Waals surface area contributed by atoms with Crippen molar-refractivity contribution in [2.24, 2.45) is 11.3 Å². The standard InChI is InChI=1S/C28H36FN3O3/c29-25-18(5-6-20-21(25)16-32(27(20)35)23-7-8-24(33)31-26(23)34)15-17-3-1-2-4-22(17)30-19-9-11-28(12-10-19)13-14-28/h5-6,17,19,22-23,30H,1-4,7-16H2,(H,31,33,34)/t17-,22+,23?/m1/s1/i19D. The zero-order chi connectivity index (χ0) is 25.1. The van der Waals surface area contributed by atoms with E-state index in [1.165, 1.54) is 17.7 Å². The van der Waals surface area contributed by atoms with Crippen LogP contribution in [-0.4, -0.2) is 40.7 Å². The average Bonchev–Trinajstić information content (AvgIpc) is 3.54. The van der Waals surface area contributed by atoms with Crippen molar-refractivity contribution in [2.75, 3.05) is 0 Å². The third-order valence-corrected chi connectivity index (χ3v) is 9.38. The lowest BCUT2D eigenvalue weighted by Crippen LogP contribution is -2.52. The van der Waals surface area contributed by atoms with E-state index in [2.05, 4.69) is 10.6 Å². The molecule has 1 aromatic rings. The van der Waals surface area contributed by atoms with Gasteiger partial charge in [0.2, 0.25) is 11.8 Å². The van der Waals surface area contributed by atoms with Crippen LogP contribution in [0.15, 0.2) is 12.1 Å². The number of halogens is 1. The lowest BCUT2D eigenvalue weighted by Gasteiger charge is -2.38. The number of nitrogens with one attached hydrogen (secondary N) is 2. The Morgan fingerprint density at radius 1 is 1.06 bits per heavy atom. The number of carbonyl (C=O) groups excluding carboxylic acids is 3. The molecule has 4 fully saturated rings. The monoisotopic (exact) mass is 482 g/mol. The molecule has 0 bridgehead atoms. The molecule has 2 aliphatic heterocycles. The number of rotatable bonds is 5. The highest BCUT2D eigenvalue weighted by molar-refractivity contribution is 6.05. The second-order valence-corrected chi connectivity index (χ2v) is 11.6. The summed E-state index contributed by atoms with van der Waals surface area (Å²) < 4.78 is 24.8. The van der Waals surface area contributed by atoms with Crippen LogP contribution in [-0.2, 0) is 22.6 Å². The predicted octanol–water partition coefficient (Wildman–Crippen LogP) is 4.00. The molecule has 7 heteroatoms. The molecule has 6 rings (SSSR count). The summed E-state index contributed by atoms with van der Waals surface area (Å²) in [6.45, 7) is 0.0596. The van der Waals surface area contributed by atoms with Crippen LogP contribution in [0.25, 0.3) is 0 Å². The van der Waals surface area contributed by atoms with E-state index in [9.17, 15) is 14.4 Å². The molecular weight excluding hydrogens is 445 g/mol. The lowest BCUT2D eigenvalue weighted by molar-refractivity contribution is -0.136. The normalized spacial score (nSPS) is 31.8. The molecule has 0 aromatic heterocycles. The van der Waals surface area contributed by atoms with Gasteiger partial charge in [-0.15, -0.1) is 0 Å². The van der Waals surface area contributed by atoms with Crippen molar-refractivity contribution in [1.29, 1.82) is 0 Å². The Morgan fingerprint density at radius 2 is 1.83 bits per heavy atom. The second-order valence-electron chi connectivity index (χ2n) is 11.6. The van der Waals surface area contributed by atoms with Crippen molar-refractivity contribution in [3.8, 4) is 0 Å². The van der Waals surface area contributed by atoms with Crippen LogP contribution in [0.5, 0.6) is 0 Å². The van der Waals surface area contributed by atoms with Gasteiger partial charge in [-0.05, 0) is 87.2 Å². The van der Waals surface area contributed by atoms with Crippen LogP contribution in [0.3, 0.4) is 0 Å².